The van der Waals surface area contributed by atoms with Crippen LogP contribution in [0.4, 0.5) is 0 Å². The van der Waals surface area contributed by atoms with Crippen LogP contribution < -0.4 is 10.9 Å². The van der Waals surface area contributed by atoms with Gasteiger partial charge >= 0.3 is 14.2 Å². The number of benzene rings is 2. The molecule has 0 unspecified atom stereocenters. The van der Waals surface area contributed by atoms with Gasteiger partial charge in [-0.05, 0) is 12.1 Å². The van der Waals surface area contributed by atoms with Crippen LogP contribution in [0.5, 0.6) is 0 Å². The molecule has 0 fully saturated rings. The highest BCUT2D eigenvalue weighted by Crippen LogP contribution is 2.20. The van der Waals surface area contributed by atoms with Crippen LogP contribution in [0, 0.1) is 0 Å². The largest absolute Gasteiger partial charge is 0.479 e. The maximum Gasteiger partial charge on any atom is 0.479 e. The maximum atomic E-state index is 10.0. The van der Waals surface area contributed by atoms with Gasteiger partial charge in [-0.2, -0.15) is 0 Å². The number of rotatable bonds is 4. The molecule has 3 nitrogen and oxygen atoms in total. The van der Waals surface area contributed by atoms with Crippen molar-refractivity contribution in [2.45, 2.75) is 0 Å². The molecule has 0 aliphatic carbocycles. The first kappa shape index (κ1) is 17.0. The summed E-state index contributed by atoms with van der Waals surface area (Å²) in [6, 6.07) is 9.43. The summed E-state index contributed by atoms with van der Waals surface area (Å²) < 4.78 is 5.12. The van der Waals surface area contributed by atoms with Crippen molar-refractivity contribution in [3.8, 4) is 0 Å². The lowest BCUT2D eigenvalue weighted by atomic mass is 9.71. The summed E-state index contributed by atoms with van der Waals surface area (Å²) in [5.41, 5.74) is 0.475. The van der Waals surface area contributed by atoms with E-state index in [-0.39, 0.29) is 31.0 Å². The van der Waals surface area contributed by atoms with Crippen LogP contribution in [0.25, 0.3) is 0 Å². The summed E-state index contributed by atoms with van der Waals surface area (Å²) in [6.07, 6.45) is 0. The van der Waals surface area contributed by atoms with Crippen LogP contribution in [0.15, 0.2) is 36.4 Å². The van der Waals surface area contributed by atoms with E-state index in [9.17, 15) is 10.0 Å². The van der Waals surface area contributed by atoms with E-state index in [0.29, 0.717) is 0 Å². The van der Waals surface area contributed by atoms with Gasteiger partial charge in [-0.1, -0.05) is 70.7 Å². The predicted molar refractivity (Wildman–Crippen MR) is 89.2 cm³/mol. The smallest absolute Gasteiger partial charge is 0.443 e. The van der Waals surface area contributed by atoms with Crippen LogP contribution >= 0.6 is 46.4 Å². The lowest BCUT2D eigenvalue weighted by Gasteiger charge is -2.14. The third-order valence-electron chi connectivity index (χ3n) is 2.75. The molecule has 0 radical (unpaired) electrons. The second-order valence-corrected chi connectivity index (χ2v) is 5.70. The Morgan fingerprint density at radius 2 is 1.10 bits per heavy atom. The Bertz CT molecular complexity index is 601. The van der Waals surface area contributed by atoms with Crippen molar-refractivity contribution in [2.24, 2.45) is 0 Å². The number of hydrogen-bond donors (Lipinski definition) is 2. The Balaban J connectivity index is 2.21. The van der Waals surface area contributed by atoms with Crippen LogP contribution in [-0.4, -0.2) is 24.3 Å². The molecule has 0 atom stereocenters. The van der Waals surface area contributed by atoms with E-state index in [4.69, 9.17) is 51.0 Å². The van der Waals surface area contributed by atoms with E-state index in [1.165, 1.54) is 12.1 Å². The van der Waals surface area contributed by atoms with Crippen LogP contribution in [0.3, 0.4) is 0 Å². The Morgan fingerprint density at radius 1 is 0.714 bits per heavy atom. The first-order valence-corrected chi connectivity index (χ1v) is 7.32. The zero-order valence-electron chi connectivity index (χ0n) is 10.4. The van der Waals surface area contributed by atoms with E-state index in [1.807, 2.05) is 0 Å². The lowest BCUT2D eigenvalue weighted by Crippen LogP contribution is -2.45. The normalized spacial score (nSPS) is 10.6. The highest BCUT2D eigenvalue weighted by molar-refractivity contribution is 6.76. The van der Waals surface area contributed by atoms with Crippen LogP contribution in [0.2, 0.25) is 20.1 Å². The van der Waals surface area contributed by atoms with Gasteiger partial charge in [0.15, 0.2) is 0 Å². The molecule has 21 heavy (non-hydrogen) atoms. The molecular weight excluding hydrogens is 356 g/mol. The fraction of sp³-hybridized carbons (Fsp3) is 0. The van der Waals surface area contributed by atoms with Crippen LogP contribution in [0.1, 0.15) is 0 Å². The van der Waals surface area contributed by atoms with Crippen molar-refractivity contribution in [2.75, 3.05) is 0 Å². The fourth-order valence-corrected chi connectivity index (χ4v) is 2.49. The van der Waals surface area contributed by atoms with Gasteiger partial charge in [0.05, 0.1) is 20.1 Å². The Morgan fingerprint density at radius 3 is 1.48 bits per heavy atom. The van der Waals surface area contributed by atoms with E-state index in [1.54, 1.807) is 24.3 Å². The summed E-state index contributed by atoms with van der Waals surface area (Å²) >= 11 is 23.7. The molecular formula is C12H8B2Cl4O3. The molecule has 0 saturated carbocycles. The monoisotopic (exact) mass is 362 g/mol. The molecule has 2 aromatic carbocycles. The predicted octanol–water partition coefficient (Wildman–Crippen LogP) is 2.39. The number of halogens is 4. The third-order valence-corrected chi connectivity index (χ3v) is 4.42. The second-order valence-electron chi connectivity index (χ2n) is 4.13. The molecule has 0 aliphatic rings. The Labute approximate surface area is 142 Å². The van der Waals surface area contributed by atoms with Gasteiger partial charge in [-0.15, -0.1) is 0 Å². The van der Waals surface area contributed by atoms with E-state index >= 15 is 0 Å². The standard InChI is InChI=1S/C12H8B2Cl4O3/c15-9-5-1-3-7(11(9)17)13(19)21-14(20)8-4-2-6-10(16)12(8)18/h1-6,19-20H. The van der Waals surface area contributed by atoms with Crippen molar-refractivity contribution >= 4 is 71.6 Å². The summed E-state index contributed by atoms with van der Waals surface area (Å²) in [5.74, 6) is 0. The van der Waals surface area contributed by atoms with E-state index < -0.39 is 14.2 Å². The molecule has 2 rings (SSSR count). The Kier molecular flexibility index (Phi) is 5.86. The molecule has 9 heteroatoms. The van der Waals surface area contributed by atoms with Gasteiger partial charge in [-0.3, -0.25) is 0 Å². The average molecular weight is 364 g/mol. The molecule has 0 heterocycles. The SMILES string of the molecule is OB(OB(O)c1cccc(Cl)c1Cl)c1cccc(Cl)c1Cl. The first-order valence-electron chi connectivity index (χ1n) is 5.81. The summed E-state index contributed by atoms with van der Waals surface area (Å²) in [4.78, 5) is 0. The molecule has 0 saturated heterocycles. The zero-order chi connectivity index (χ0) is 15.6. The molecule has 0 bridgehead atoms. The molecule has 0 amide bonds. The van der Waals surface area contributed by atoms with Gasteiger partial charge in [0.2, 0.25) is 0 Å². The van der Waals surface area contributed by atoms with E-state index in [0.717, 1.165) is 0 Å². The lowest BCUT2D eigenvalue weighted by molar-refractivity contribution is 0.379. The highest BCUT2D eigenvalue weighted by Gasteiger charge is 2.29. The summed E-state index contributed by atoms with van der Waals surface area (Å²) in [6.45, 7) is 0. The maximum absolute atomic E-state index is 10.0. The summed E-state index contributed by atoms with van der Waals surface area (Å²) in [5, 5.41) is 20.9. The molecule has 2 N–H and O–H groups in total. The van der Waals surface area contributed by atoms with Gasteiger partial charge in [0, 0.05) is 10.9 Å². The second kappa shape index (κ2) is 7.25. The van der Waals surface area contributed by atoms with Crippen molar-refractivity contribution in [1.82, 2.24) is 0 Å². The van der Waals surface area contributed by atoms with Gasteiger partial charge in [-0.25, -0.2) is 0 Å². The Hall–Kier alpha value is -0.390. The quantitative estimate of drug-likeness (QED) is 0.820. The van der Waals surface area contributed by atoms with Crippen LogP contribution in [-0.2, 0) is 4.57 Å². The third kappa shape index (κ3) is 3.88. The number of hydrogen-bond acceptors (Lipinski definition) is 3. The molecule has 0 aromatic heterocycles. The van der Waals surface area contributed by atoms with Gasteiger partial charge < -0.3 is 14.6 Å². The minimum Gasteiger partial charge on any atom is -0.443 e. The molecule has 0 spiro atoms. The molecule has 0 aliphatic heterocycles. The van der Waals surface area contributed by atoms with Gasteiger partial charge in [0.1, 0.15) is 0 Å². The topological polar surface area (TPSA) is 49.7 Å². The minimum absolute atomic E-state index is 0.149. The van der Waals surface area contributed by atoms with E-state index in [2.05, 4.69) is 0 Å². The van der Waals surface area contributed by atoms with Crippen molar-refractivity contribution in [3.05, 3.63) is 56.5 Å². The highest BCUT2D eigenvalue weighted by atomic mass is 35.5. The minimum atomic E-state index is -1.47. The van der Waals surface area contributed by atoms with Crippen molar-refractivity contribution in [3.63, 3.8) is 0 Å². The fourth-order valence-electron chi connectivity index (χ4n) is 1.69. The average Bonchev–Trinajstić information content (AvgIpc) is 2.44. The summed E-state index contributed by atoms with van der Waals surface area (Å²) in [7, 11) is -2.94. The molecule has 2 aromatic rings. The van der Waals surface area contributed by atoms with Crippen molar-refractivity contribution < 1.29 is 14.6 Å². The van der Waals surface area contributed by atoms with Crippen molar-refractivity contribution in [1.29, 1.82) is 0 Å². The molecule has 108 valence electrons. The zero-order valence-corrected chi connectivity index (χ0v) is 13.5. The van der Waals surface area contributed by atoms with Gasteiger partial charge in [0.25, 0.3) is 0 Å². The first-order chi connectivity index (χ1) is 9.91.